The third kappa shape index (κ3) is 3.80. The second-order valence-electron chi connectivity index (χ2n) is 5.62. The molecule has 0 amide bonds. The standard InChI is InChI=1S/C13H24N4O2S/c1-3-4-13(5-6-13)11-16-20(18,19)12-9-15-17(10-12)8-7-14-2/h9-10,14,16H,3-8,11H2,1-2H3. The third-order valence-electron chi connectivity index (χ3n) is 3.89. The average molecular weight is 300 g/mol. The van der Waals surface area contributed by atoms with Crippen molar-refractivity contribution in [1.29, 1.82) is 0 Å². The Morgan fingerprint density at radius 1 is 1.45 bits per heavy atom. The molecular formula is C13H24N4O2S. The van der Waals surface area contributed by atoms with Gasteiger partial charge in [0.2, 0.25) is 10.0 Å². The van der Waals surface area contributed by atoms with E-state index in [9.17, 15) is 8.42 Å². The molecule has 20 heavy (non-hydrogen) atoms. The van der Waals surface area contributed by atoms with Gasteiger partial charge in [-0.05, 0) is 31.7 Å². The van der Waals surface area contributed by atoms with Crippen LogP contribution in [0.3, 0.4) is 0 Å². The normalized spacial score (nSPS) is 17.3. The first kappa shape index (κ1) is 15.5. The largest absolute Gasteiger partial charge is 0.318 e. The third-order valence-corrected chi connectivity index (χ3v) is 5.24. The van der Waals surface area contributed by atoms with E-state index in [0.29, 0.717) is 13.1 Å². The average Bonchev–Trinajstić information content (AvgIpc) is 3.01. The molecule has 0 atom stereocenters. The van der Waals surface area contributed by atoms with Crippen molar-refractivity contribution in [1.82, 2.24) is 19.8 Å². The Kier molecular flexibility index (Phi) is 4.82. The minimum atomic E-state index is -3.43. The van der Waals surface area contributed by atoms with Gasteiger partial charge in [0.1, 0.15) is 4.90 Å². The molecule has 1 aromatic rings. The fourth-order valence-corrected chi connectivity index (χ4v) is 3.49. The highest BCUT2D eigenvalue weighted by atomic mass is 32.2. The minimum Gasteiger partial charge on any atom is -0.318 e. The number of nitrogens with one attached hydrogen (secondary N) is 2. The summed E-state index contributed by atoms with van der Waals surface area (Å²) in [6, 6.07) is 0. The van der Waals surface area contributed by atoms with Gasteiger partial charge in [-0.1, -0.05) is 13.3 Å². The van der Waals surface area contributed by atoms with Gasteiger partial charge in [0, 0.05) is 19.3 Å². The lowest BCUT2D eigenvalue weighted by atomic mass is 10.0. The Morgan fingerprint density at radius 2 is 2.20 bits per heavy atom. The molecule has 0 spiro atoms. The van der Waals surface area contributed by atoms with E-state index >= 15 is 0 Å². The van der Waals surface area contributed by atoms with E-state index in [2.05, 4.69) is 22.1 Å². The maximum absolute atomic E-state index is 12.2. The van der Waals surface area contributed by atoms with Gasteiger partial charge >= 0.3 is 0 Å². The Hall–Kier alpha value is -0.920. The molecule has 0 radical (unpaired) electrons. The van der Waals surface area contributed by atoms with E-state index < -0.39 is 10.0 Å². The highest BCUT2D eigenvalue weighted by Gasteiger charge is 2.42. The summed E-state index contributed by atoms with van der Waals surface area (Å²) in [5, 5.41) is 7.08. The Balaban J connectivity index is 1.94. The van der Waals surface area contributed by atoms with Crippen LogP contribution in [0.1, 0.15) is 32.6 Å². The van der Waals surface area contributed by atoms with E-state index in [-0.39, 0.29) is 10.3 Å². The molecule has 114 valence electrons. The van der Waals surface area contributed by atoms with E-state index in [1.54, 1.807) is 10.9 Å². The molecular weight excluding hydrogens is 276 g/mol. The number of likely N-dealkylation sites (N-methyl/N-ethyl adjacent to an activating group) is 1. The second kappa shape index (κ2) is 6.24. The van der Waals surface area contributed by atoms with Crippen LogP contribution in [0.15, 0.2) is 17.3 Å². The van der Waals surface area contributed by atoms with E-state index in [1.807, 2.05) is 7.05 Å². The fourth-order valence-electron chi connectivity index (χ4n) is 2.39. The molecule has 2 N–H and O–H groups in total. The Bertz CT molecular complexity index is 534. The zero-order valence-electron chi connectivity index (χ0n) is 12.2. The number of nitrogens with zero attached hydrogens (tertiary/aromatic N) is 2. The number of hydrogen-bond acceptors (Lipinski definition) is 4. The molecule has 1 aliphatic carbocycles. The van der Waals surface area contributed by atoms with Gasteiger partial charge in [-0.2, -0.15) is 5.10 Å². The van der Waals surface area contributed by atoms with Gasteiger partial charge in [-0.25, -0.2) is 13.1 Å². The molecule has 0 bridgehead atoms. The lowest BCUT2D eigenvalue weighted by molar-refractivity contribution is 0.449. The smallest absolute Gasteiger partial charge is 0.243 e. The number of sulfonamides is 1. The molecule has 7 heteroatoms. The summed E-state index contributed by atoms with van der Waals surface area (Å²) >= 11 is 0. The van der Waals surface area contributed by atoms with Crippen molar-refractivity contribution in [2.45, 2.75) is 44.0 Å². The molecule has 1 saturated carbocycles. The van der Waals surface area contributed by atoms with Crippen molar-refractivity contribution in [3.8, 4) is 0 Å². The second-order valence-corrected chi connectivity index (χ2v) is 7.38. The van der Waals surface area contributed by atoms with Crippen molar-refractivity contribution in [3.63, 3.8) is 0 Å². The predicted octanol–water partition coefficient (Wildman–Crippen LogP) is 0.961. The summed E-state index contributed by atoms with van der Waals surface area (Å²) in [7, 11) is -1.58. The SMILES string of the molecule is CCCC1(CNS(=O)(=O)c2cnn(CCNC)c2)CC1. The monoisotopic (exact) mass is 300 g/mol. The van der Waals surface area contributed by atoms with E-state index in [4.69, 9.17) is 0 Å². The molecule has 6 nitrogen and oxygen atoms in total. The van der Waals surface area contributed by atoms with E-state index in [1.165, 1.54) is 6.20 Å². The van der Waals surface area contributed by atoms with Crippen LogP contribution < -0.4 is 10.0 Å². The quantitative estimate of drug-likeness (QED) is 0.712. The maximum atomic E-state index is 12.2. The molecule has 1 heterocycles. The van der Waals surface area contributed by atoms with Gasteiger partial charge in [0.05, 0.1) is 12.7 Å². The van der Waals surface area contributed by atoms with Crippen LogP contribution in [0.25, 0.3) is 0 Å². The first-order chi connectivity index (χ1) is 9.51. The van der Waals surface area contributed by atoms with Gasteiger partial charge in [-0.3, -0.25) is 4.68 Å². The molecule has 0 saturated heterocycles. The van der Waals surface area contributed by atoms with Crippen molar-refractivity contribution >= 4 is 10.0 Å². The minimum absolute atomic E-state index is 0.212. The van der Waals surface area contributed by atoms with Gasteiger partial charge in [0.15, 0.2) is 0 Å². The summed E-state index contributed by atoms with van der Waals surface area (Å²) < 4.78 is 28.8. The zero-order chi connectivity index (χ0) is 14.6. The molecule has 0 aromatic carbocycles. The highest BCUT2D eigenvalue weighted by molar-refractivity contribution is 7.89. The lowest BCUT2D eigenvalue weighted by Crippen LogP contribution is -2.30. The van der Waals surface area contributed by atoms with Crippen LogP contribution in [-0.4, -0.2) is 38.3 Å². The van der Waals surface area contributed by atoms with E-state index in [0.717, 1.165) is 32.2 Å². The van der Waals surface area contributed by atoms with Crippen LogP contribution in [0.2, 0.25) is 0 Å². The molecule has 0 aliphatic heterocycles. The summed E-state index contributed by atoms with van der Waals surface area (Å²) in [5.41, 5.74) is 0.212. The molecule has 1 fully saturated rings. The van der Waals surface area contributed by atoms with Gasteiger partial charge < -0.3 is 5.32 Å². The van der Waals surface area contributed by atoms with Crippen LogP contribution in [0, 0.1) is 5.41 Å². The summed E-state index contributed by atoms with van der Waals surface area (Å²) in [6.45, 7) is 4.10. The molecule has 1 aliphatic rings. The van der Waals surface area contributed by atoms with Crippen molar-refractivity contribution in [2.75, 3.05) is 20.1 Å². The van der Waals surface area contributed by atoms with Crippen LogP contribution in [0.5, 0.6) is 0 Å². The Labute approximate surface area is 121 Å². The highest BCUT2D eigenvalue weighted by Crippen LogP contribution is 2.49. The van der Waals surface area contributed by atoms with Crippen molar-refractivity contribution in [2.24, 2.45) is 5.41 Å². The number of rotatable bonds is 9. The number of aromatic nitrogens is 2. The first-order valence-corrected chi connectivity index (χ1v) is 8.66. The maximum Gasteiger partial charge on any atom is 0.243 e. The van der Waals surface area contributed by atoms with Gasteiger partial charge in [-0.15, -0.1) is 0 Å². The predicted molar refractivity (Wildman–Crippen MR) is 77.9 cm³/mol. The fraction of sp³-hybridized carbons (Fsp3) is 0.769. The zero-order valence-corrected chi connectivity index (χ0v) is 13.0. The van der Waals surface area contributed by atoms with Crippen LogP contribution >= 0.6 is 0 Å². The molecule has 1 aromatic heterocycles. The van der Waals surface area contributed by atoms with Gasteiger partial charge in [0.25, 0.3) is 0 Å². The number of hydrogen-bond donors (Lipinski definition) is 2. The summed E-state index contributed by atoms with van der Waals surface area (Å²) in [5.74, 6) is 0. The van der Waals surface area contributed by atoms with Crippen LogP contribution in [-0.2, 0) is 16.6 Å². The summed E-state index contributed by atoms with van der Waals surface area (Å²) in [6.07, 6.45) is 7.45. The topological polar surface area (TPSA) is 76.0 Å². The van der Waals surface area contributed by atoms with Crippen molar-refractivity contribution < 1.29 is 8.42 Å². The van der Waals surface area contributed by atoms with Crippen molar-refractivity contribution in [3.05, 3.63) is 12.4 Å². The van der Waals surface area contributed by atoms with Crippen LogP contribution in [0.4, 0.5) is 0 Å². The lowest BCUT2D eigenvalue weighted by Gasteiger charge is -2.14. The molecule has 2 rings (SSSR count). The summed E-state index contributed by atoms with van der Waals surface area (Å²) in [4.78, 5) is 0.251. The molecule has 0 unspecified atom stereocenters. The Morgan fingerprint density at radius 3 is 2.80 bits per heavy atom. The first-order valence-electron chi connectivity index (χ1n) is 7.18.